The van der Waals surface area contributed by atoms with Crippen LogP contribution in [0.2, 0.25) is 0 Å². The zero-order chi connectivity index (χ0) is 18.9. The molecule has 0 radical (unpaired) electrons. The highest BCUT2D eigenvalue weighted by Crippen LogP contribution is 2.34. The molecule has 0 aliphatic rings. The number of halogens is 3. The third-order valence-electron chi connectivity index (χ3n) is 4.30. The molecule has 3 rings (SSSR count). The summed E-state index contributed by atoms with van der Waals surface area (Å²) in [5.41, 5.74) is 0.928. The molecule has 0 aliphatic carbocycles. The number of hydrogen-bond acceptors (Lipinski definition) is 3. The molecule has 0 fully saturated rings. The summed E-state index contributed by atoms with van der Waals surface area (Å²) in [4.78, 5) is 6.30. The minimum Gasteiger partial charge on any atom is -0.367 e. The molecule has 4 nitrogen and oxygen atoms in total. The Balaban J connectivity index is 1.96. The van der Waals surface area contributed by atoms with E-state index in [4.69, 9.17) is 5.26 Å². The Morgan fingerprint density at radius 2 is 1.92 bits per heavy atom. The van der Waals surface area contributed by atoms with Gasteiger partial charge in [-0.2, -0.15) is 18.4 Å². The molecule has 0 saturated carbocycles. The number of aryl methyl sites for hydroxylation is 1. The van der Waals surface area contributed by atoms with Gasteiger partial charge in [-0.25, -0.2) is 4.98 Å². The molecule has 0 bridgehead atoms. The van der Waals surface area contributed by atoms with Crippen LogP contribution in [0.3, 0.4) is 0 Å². The SMILES string of the molecule is CCn1c(CN(C)c2ccc(C#N)c(C(F)(F)F)c2)nc2ccccc21. The molecule has 2 aromatic carbocycles. The maximum Gasteiger partial charge on any atom is 0.417 e. The lowest BCUT2D eigenvalue weighted by molar-refractivity contribution is -0.137. The Morgan fingerprint density at radius 1 is 1.19 bits per heavy atom. The van der Waals surface area contributed by atoms with Crippen molar-refractivity contribution in [3.8, 4) is 6.07 Å². The fraction of sp³-hybridized carbons (Fsp3) is 0.263. The standard InChI is InChI=1S/C19H17F3N4/c1-3-26-17-7-5-4-6-16(17)24-18(26)12-25(2)14-9-8-13(11-23)15(10-14)19(20,21)22/h4-10H,3,12H2,1-2H3. The van der Waals surface area contributed by atoms with Gasteiger partial charge in [0.2, 0.25) is 0 Å². The van der Waals surface area contributed by atoms with E-state index in [2.05, 4.69) is 4.98 Å². The van der Waals surface area contributed by atoms with Gasteiger partial charge in [-0.05, 0) is 37.3 Å². The van der Waals surface area contributed by atoms with Crippen LogP contribution in [0.5, 0.6) is 0 Å². The molecule has 1 heterocycles. The predicted molar refractivity (Wildman–Crippen MR) is 93.7 cm³/mol. The molecule has 134 valence electrons. The van der Waals surface area contributed by atoms with Crippen molar-refractivity contribution in [1.29, 1.82) is 5.26 Å². The van der Waals surface area contributed by atoms with Crippen molar-refractivity contribution in [3.05, 3.63) is 59.4 Å². The van der Waals surface area contributed by atoms with E-state index in [-0.39, 0.29) is 5.56 Å². The van der Waals surface area contributed by atoms with Gasteiger partial charge in [-0.15, -0.1) is 0 Å². The highest BCUT2D eigenvalue weighted by Gasteiger charge is 2.34. The van der Waals surface area contributed by atoms with Crippen LogP contribution >= 0.6 is 0 Å². The van der Waals surface area contributed by atoms with Crippen molar-refractivity contribution in [2.24, 2.45) is 0 Å². The Morgan fingerprint density at radius 3 is 2.58 bits per heavy atom. The molecule has 0 unspecified atom stereocenters. The fourth-order valence-electron chi connectivity index (χ4n) is 3.00. The van der Waals surface area contributed by atoms with Crippen LogP contribution in [-0.4, -0.2) is 16.6 Å². The highest BCUT2D eigenvalue weighted by atomic mass is 19.4. The number of rotatable bonds is 4. The summed E-state index contributed by atoms with van der Waals surface area (Å²) in [6.45, 7) is 3.07. The van der Waals surface area contributed by atoms with Crippen LogP contribution in [-0.2, 0) is 19.3 Å². The first-order chi connectivity index (χ1) is 12.3. The lowest BCUT2D eigenvalue weighted by Crippen LogP contribution is -2.20. The van der Waals surface area contributed by atoms with Gasteiger partial charge in [0.25, 0.3) is 0 Å². The lowest BCUT2D eigenvalue weighted by Gasteiger charge is -2.21. The quantitative estimate of drug-likeness (QED) is 0.686. The van der Waals surface area contributed by atoms with E-state index in [1.165, 1.54) is 12.1 Å². The molecule has 0 saturated heterocycles. The Labute approximate surface area is 149 Å². The molecule has 0 amide bonds. The van der Waals surface area contributed by atoms with Crippen molar-refractivity contribution < 1.29 is 13.2 Å². The van der Waals surface area contributed by atoms with Gasteiger partial charge in [0.1, 0.15) is 5.82 Å². The van der Waals surface area contributed by atoms with Crippen molar-refractivity contribution in [2.75, 3.05) is 11.9 Å². The first-order valence-electron chi connectivity index (χ1n) is 8.11. The molecule has 0 atom stereocenters. The lowest BCUT2D eigenvalue weighted by atomic mass is 10.1. The van der Waals surface area contributed by atoms with Gasteiger partial charge in [-0.1, -0.05) is 12.1 Å². The van der Waals surface area contributed by atoms with E-state index in [9.17, 15) is 13.2 Å². The van der Waals surface area contributed by atoms with Gasteiger partial charge in [-0.3, -0.25) is 0 Å². The van der Waals surface area contributed by atoms with Crippen molar-refractivity contribution in [3.63, 3.8) is 0 Å². The smallest absolute Gasteiger partial charge is 0.367 e. The highest BCUT2D eigenvalue weighted by molar-refractivity contribution is 5.76. The minimum atomic E-state index is -4.57. The number of nitrogens with zero attached hydrogens (tertiary/aromatic N) is 4. The number of hydrogen-bond donors (Lipinski definition) is 0. The molecule has 0 N–H and O–H groups in total. The zero-order valence-electron chi connectivity index (χ0n) is 14.4. The summed E-state index contributed by atoms with van der Waals surface area (Å²) < 4.78 is 41.6. The molecular weight excluding hydrogens is 341 g/mol. The first-order valence-corrected chi connectivity index (χ1v) is 8.11. The normalized spacial score (nSPS) is 11.5. The predicted octanol–water partition coefficient (Wildman–Crippen LogP) is 4.58. The molecule has 7 heteroatoms. The third-order valence-corrected chi connectivity index (χ3v) is 4.30. The minimum absolute atomic E-state index is 0.353. The fourth-order valence-corrected chi connectivity index (χ4v) is 3.00. The van der Waals surface area contributed by atoms with Gasteiger partial charge < -0.3 is 9.47 Å². The number of fused-ring (bicyclic) bond motifs is 1. The second-order valence-electron chi connectivity index (χ2n) is 5.96. The summed E-state index contributed by atoms with van der Waals surface area (Å²) in [6, 6.07) is 13.1. The molecule has 26 heavy (non-hydrogen) atoms. The number of nitriles is 1. The molecule has 0 spiro atoms. The second-order valence-corrected chi connectivity index (χ2v) is 5.96. The second kappa shape index (κ2) is 6.71. The molecule has 1 aromatic heterocycles. The molecule has 0 aliphatic heterocycles. The van der Waals surface area contributed by atoms with Crippen molar-refractivity contribution in [1.82, 2.24) is 9.55 Å². The molecule has 3 aromatic rings. The Kier molecular flexibility index (Phi) is 4.60. The van der Waals surface area contributed by atoms with E-state index in [1.807, 2.05) is 35.8 Å². The van der Waals surface area contributed by atoms with E-state index < -0.39 is 11.7 Å². The van der Waals surface area contributed by atoms with E-state index >= 15 is 0 Å². The summed E-state index contributed by atoms with van der Waals surface area (Å²) in [5.74, 6) is 0.772. The van der Waals surface area contributed by atoms with Crippen LogP contribution in [0, 0.1) is 11.3 Å². The Hall–Kier alpha value is -3.01. The first kappa shape index (κ1) is 17.8. The van der Waals surface area contributed by atoms with Gasteiger partial charge in [0, 0.05) is 19.3 Å². The number of benzene rings is 2. The summed E-state index contributed by atoms with van der Waals surface area (Å²) in [6.07, 6.45) is -4.57. The maximum absolute atomic E-state index is 13.2. The summed E-state index contributed by atoms with van der Waals surface area (Å²) in [5, 5.41) is 8.92. The van der Waals surface area contributed by atoms with Gasteiger partial charge in [0.15, 0.2) is 0 Å². The van der Waals surface area contributed by atoms with E-state index in [1.54, 1.807) is 18.0 Å². The molecular formula is C19H17F3N4. The van der Waals surface area contributed by atoms with Gasteiger partial charge >= 0.3 is 6.18 Å². The van der Waals surface area contributed by atoms with Crippen LogP contribution in [0.1, 0.15) is 23.9 Å². The monoisotopic (exact) mass is 358 g/mol. The average molecular weight is 358 g/mol. The van der Waals surface area contributed by atoms with Gasteiger partial charge in [0.05, 0.1) is 34.8 Å². The largest absolute Gasteiger partial charge is 0.417 e. The van der Waals surface area contributed by atoms with Crippen LogP contribution in [0.25, 0.3) is 11.0 Å². The van der Waals surface area contributed by atoms with Crippen LogP contribution in [0.4, 0.5) is 18.9 Å². The Bertz CT molecular complexity index is 983. The number of imidazole rings is 1. The topological polar surface area (TPSA) is 44.9 Å². The van der Waals surface area contributed by atoms with Crippen molar-refractivity contribution in [2.45, 2.75) is 26.2 Å². The van der Waals surface area contributed by atoms with Crippen LogP contribution in [0.15, 0.2) is 42.5 Å². The summed E-state index contributed by atoms with van der Waals surface area (Å²) in [7, 11) is 1.71. The van der Waals surface area contributed by atoms with E-state index in [0.717, 1.165) is 22.9 Å². The third kappa shape index (κ3) is 3.23. The maximum atomic E-state index is 13.2. The number of para-hydroxylation sites is 2. The van der Waals surface area contributed by atoms with Crippen molar-refractivity contribution >= 4 is 16.7 Å². The number of anilines is 1. The van der Waals surface area contributed by atoms with E-state index in [0.29, 0.717) is 18.8 Å². The zero-order valence-corrected chi connectivity index (χ0v) is 14.4. The number of alkyl halides is 3. The summed E-state index contributed by atoms with van der Waals surface area (Å²) >= 11 is 0. The van der Waals surface area contributed by atoms with Crippen LogP contribution < -0.4 is 4.90 Å². The average Bonchev–Trinajstić information content (AvgIpc) is 2.97. The number of aromatic nitrogens is 2.